The van der Waals surface area contributed by atoms with Crippen LogP contribution in [0.1, 0.15) is 5.56 Å². The Hall–Kier alpha value is -2.04. The van der Waals surface area contributed by atoms with Crippen LogP contribution in [0.15, 0.2) is 42.5 Å². The maximum absolute atomic E-state index is 5.65. The molecule has 0 radical (unpaired) electrons. The summed E-state index contributed by atoms with van der Waals surface area (Å²) in [6, 6.07) is 14.5. The second-order valence-electron chi connectivity index (χ2n) is 5.76. The number of benzene rings is 2. The van der Waals surface area contributed by atoms with Gasteiger partial charge in [-0.25, -0.2) is 0 Å². The lowest BCUT2D eigenvalue weighted by molar-refractivity contribution is 0.230. The molecule has 0 aromatic heterocycles. The molecule has 1 aliphatic rings. The van der Waals surface area contributed by atoms with Crippen LogP contribution in [-0.4, -0.2) is 45.3 Å². The van der Waals surface area contributed by atoms with Crippen molar-refractivity contribution in [3.8, 4) is 22.6 Å². The maximum atomic E-state index is 5.65. The second-order valence-corrected chi connectivity index (χ2v) is 5.76. The summed E-state index contributed by atoms with van der Waals surface area (Å²) in [6.45, 7) is 5.09. The van der Waals surface area contributed by atoms with E-state index in [0.717, 1.165) is 55.3 Å². The van der Waals surface area contributed by atoms with Crippen LogP contribution in [0, 0.1) is 0 Å². The van der Waals surface area contributed by atoms with Crippen molar-refractivity contribution in [3.05, 3.63) is 48.0 Å². The van der Waals surface area contributed by atoms with Crippen LogP contribution in [0.4, 0.5) is 0 Å². The third-order valence-corrected chi connectivity index (χ3v) is 4.29. The lowest BCUT2D eigenvalue weighted by Crippen LogP contribution is -2.42. The molecule has 2 aromatic rings. The predicted octanol–water partition coefficient (Wildman–Crippen LogP) is 2.78. The van der Waals surface area contributed by atoms with Crippen molar-refractivity contribution in [1.82, 2.24) is 10.2 Å². The highest BCUT2D eigenvalue weighted by Gasteiger charge is 2.16. The van der Waals surface area contributed by atoms with Crippen molar-refractivity contribution in [3.63, 3.8) is 0 Å². The van der Waals surface area contributed by atoms with Crippen molar-refractivity contribution in [1.29, 1.82) is 0 Å². The van der Waals surface area contributed by atoms with Crippen LogP contribution in [0.5, 0.6) is 11.5 Å². The minimum absolute atomic E-state index is 0.885. The van der Waals surface area contributed by atoms with E-state index in [9.17, 15) is 0 Å². The van der Waals surface area contributed by atoms with Crippen LogP contribution in [0.2, 0.25) is 0 Å². The van der Waals surface area contributed by atoms with E-state index in [-0.39, 0.29) is 0 Å². The minimum atomic E-state index is 0.885. The van der Waals surface area contributed by atoms with E-state index >= 15 is 0 Å². The summed E-state index contributed by atoms with van der Waals surface area (Å²) in [5.41, 5.74) is 3.37. The van der Waals surface area contributed by atoms with Gasteiger partial charge in [-0.05, 0) is 17.7 Å². The van der Waals surface area contributed by atoms with Crippen molar-refractivity contribution < 1.29 is 9.47 Å². The lowest BCUT2D eigenvalue weighted by atomic mass is 10.0. The zero-order valence-corrected chi connectivity index (χ0v) is 13.8. The highest BCUT2D eigenvalue weighted by Crippen LogP contribution is 2.36. The third-order valence-electron chi connectivity index (χ3n) is 4.29. The highest BCUT2D eigenvalue weighted by atomic mass is 16.5. The first-order chi connectivity index (χ1) is 11.3. The number of nitrogens with one attached hydrogen (secondary N) is 1. The molecule has 4 nitrogen and oxygen atoms in total. The quantitative estimate of drug-likeness (QED) is 0.920. The molecule has 0 saturated carbocycles. The van der Waals surface area contributed by atoms with Gasteiger partial charge in [0, 0.05) is 43.9 Å². The minimum Gasteiger partial charge on any atom is -0.496 e. The molecule has 2 aromatic carbocycles. The Kier molecular flexibility index (Phi) is 5.16. The Bertz CT molecular complexity index is 637. The summed E-state index contributed by atoms with van der Waals surface area (Å²) in [5.74, 6) is 1.81. The van der Waals surface area contributed by atoms with Gasteiger partial charge in [-0.3, -0.25) is 4.90 Å². The highest BCUT2D eigenvalue weighted by molar-refractivity contribution is 5.73. The summed E-state index contributed by atoms with van der Waals surface area (Å²) >= 11 is 0. The molecule has 0 spiro atoms. The van der Waals surface area contributed by atoms with Gasteiger partial charge in [0.2, 0.25) is 0 Å². The molecule has 3 rings (SSSR count). The largest absolute Gasteiger partial charge is 0.496 e. The zero-order valence-electron chi connectivity index (χ0n) is 13.8. The Morgan fingerprint density at radius 3 is 2.30 bits per heavy atom. The van der Waals surface area contributed by atoms with Crippen molar-refractivity contribution in [2.45, 2.75) is 6.54 Å². The molecule has 1 fully saturated rings. The van der Waals surface area contributed by atoms with Crippen LogP contribution in [0.3, 0.4) is 0 Å². The maximum Gasteiger partial charge on any atom is 0.127 e. The fourth-order valence-electron chi connectivity index (χ4n) is 3.04. The first-order valence-electron chi connectivity index (χ1n) is 8.05. The van der Waals surface area contributed by atoms with Crippen molar-refractivity contribution >= 4 is 0 Å². The van der Waals surface area contributed by atoms with Gasteiger partial charge in [-0.15, -0.1) is 0 Å². The first-order valence-corrected chi connectivity index (χ1v) is 8.05. The van der Waals surface area contributed by atoms with Gasteiger partial charge in [0.1, 0.15) is 11.5 Å². The van der Waals surface area contributed by atoms with Crippen LogP contribution >= 0.6 is 0 Å². The second kappa shape index (κ2) is 7.49. The Morgan fingerprint density at radius 1 is 0.957 bits per heavy atom. The molecule has 1 heterocycles. The SMILES string of the molecule is COc1cc(-c2ccccc2)c(OC)cc1CN1CCNCC1. The van der Waals surface area contributed by atoms with Gasteiger partial charge in [-0.1, -0.05) is 30.3 Å². The van der Waals surface area contributed by atoms with E-state index in [1.807, 2.05) is 18.2 Å². The van der Waals surface area contributed by atoms with Crippen molar-refractivity contribution in [2.24, 2.45) is 0 Å². The first kappa shape index (κ1) is 15.8. The zero-order chi connectivity index (χ0) is 16.1. The average molecular weight is 312 g/mol. The van der Waals surface area contributed by atoms with Crippen LogP contribution < -0.4 is 14.8 Å². The fourth-order valence-corrected chi connectivity index (χ4v) is 3.04. The van der Waals surface area contributed by atoms with Crippen molar-refractivity contribution in [2.75, 3.05) is 40.4 Å². The van der Waals surface area contributed by atoms with Gasteiger partial charge < -0.3 is 14.8 Å². The van der Waals surface area contributed by atoms with Gasteiger partial charge in [0.25, 0.3) is 0 Å². The molecule has 0 amide bonds. The molecule has 0 aliphatic carbocycles. The van der Waals surface area contributed by atoms with E-state index < -0.39 is 0 Å². The summed E-state index contributed by atoms with van der Waals surface area (Å²) in [5, 5.41) is 3.38. The summed E-state index contributed by atoms with van der Waals surface area (Å²) < 4.78 is 11.3. The smallest absolute Gasteiger partial charge is 0.127 e. The molecule has 0 bridgehead atoms. The molecular formula is C19H24N2O2. The number of ether oxygens (including phenoxy) is 2. The summed E-state index contributed by atoms with van der Waals surface area (Å²) in [7, 11) is 3.46. The number of methoxy groups -OCH3 is 2. The number of nitrogens with zero attached hydrogens (tertiary/aromatic N) is 1. The monoisotopic (exact) mass is 312 g/mol. The number of rotatable bonds is 5. The van der Waals surface area contributed by atoms with E-state index in [1.165, 1.54) is 5.56 Å². The van der Waals surface area contributed by atoms with Gasteiger partial charge in [-0.2, -0.15) is 0 Å². The Labute approximate surface area is 138 Å². The molecular weight excluding hydrogens is 288 g/mol. The molecule has 4 heteroatoms. The van der Waals surface area contributed by atoms with Gasteiger partial charge >= 0.3 is 0 Å². The number of hydrogen-bond acceptors (Lipinski definition) is 4. The molecule has 0 atom stereocenters. The third kappa shape index (κ3) is 3.66. The van der Waals surface area contributed by atoms with Gasteiger partial charge in [0.15, 0.2) is 0 Å². The summed E-state index contributed by atoms with van der Waals surface area (Å²) in [6.07, 6.45) is 0. The molecule has 122 valence electrons. The fraction of sp³-hybridized carbons (Fsp3) is 0.368. The Morgan fingerprint density at radius 2 is 1.65 bits per heavy atom. The van der Waals surface area contributed by atoms with Gasteiger partial charge in [0.05, 0.1) is 14.2 Å². The molecule has 1 saturated heterocycles. The number of hydrogen-bond donors (Lipinski definition) is 1. The summed E-state index contributed by atoms with van der Waals surface area (Å²) in [4.78, 5) is 2.44. The normalized spacial score (nSPS) is 15.4. The molecule has 0 unspecified atom stereocenters. The van der Waals surface area contributed by atoms with E-state index in [2.05, 4.69) is 34.5 Å². The Balaban J connectivity index is 1.94. The van der Waals surface area contributed by atoms with Crippen LogP contribution in [0.25, 0.3) is 11.1 Å². The molecule has 1 aliphatic heterocycles. The van der Waals surface area contributed by atoms with E-state index in [1.54, 1.807) is 14.2 Å². The lowest BCUT2D eigenvalue weighted by Gasteiger charge is -2.28. The topological polar surface area (TPSA) is 33.7 Å². The standard InChI is InChI=1S/C19H24N2O2/c1-22-18-13-17(15-6-4-3-5-7-15)19(23-2)12-16(18)14-21-10-8-20-9-11-21/h3-7,12-13,20H,8-11,14H2,1-2H3. The molecule has 23 heavy (non-hydrogen) atoms. The molecule has 1 N–H and O–H groups in total. The predicted molar refractivity (Wildman–Crippen MR) is 93.1 cm³/mol. The van der Waals surface area contributed by atoms with E-state index in [0.29, 0.717) is 0 Å². The van der Waals surface area contributed by atoms with Crippen LogP contribution in [-0.2, 0) is 6.54 Å². The number of piperazine rings is 1. The average Bonchev–Trinajstić information content (AvgIpc) is 2.63. The van der Waals surface area contributed by atoms with E-state index in [4.69, 9.17) is 9.47 Å².